The van der Waals surface area contributed by atoms with E-state index in [9.17, 15) is 0 Å². The highest BCUT2D eigenvalue weighted by molar-refractivity contribution is 14.0. The molecular weight excluding hydrogens is 329 g/mol. The van der Waals surface area contributed by atoms with Gasteiger partial charge in [-0.25, -0.2) is 4.98 Å². The van der Waals surface area contributed by atoms with Crippen molar-refractivity contribution in [1.29, 1.82) is 0 Å². The highest BCUT2D eigenvalue weighted by Crippen LogP contribution is 1.93. The largest absolute Gasteiger partial charge is 0.355 e. The fraction of sp³-hybridized carbons (Fsp3) is 0.455. The lowest BCUT2D eigenvalue weighted by molar-refractivity contribution is 0.648. The molecule has 6 heteroatoms. The minimum absolute atomic E-state index is 0. The van der Waals surface area contributed by atoms with Crippen LogP contribution >= 0.6 is 24.0 Å². The number of nitrogens with one attached hydrogen (secondary N) is 2. The van der Waals surface area contributed by atoms with Gasteiger partial charge in [0.25, 0.3) is 0 Å². The maximum absolute atomic E-state index is 5.15. The number of aryl methyl sites for hydroxylation is 1. The molecule has 1 aromatic rings. The van der Waals surface area contributed by atoms with Crippen LogP contribution in [0.2, 0.25) is 0 Å². The number of halogens is 1. The van der Waals surface area contributed by atoms with Crippen molar-refractivity contribution in [3.63, 3.8) is 0 Å². The molecule has 0 aliphatic heterocycles. The van der Waals surface area contributed by atoms with Gasteiger partial charge in [0.1, 0.15) is 5.82 Å². The van der Waals surface area contributed by atoms with Gasteiger partial charge in [-0.05, 0) is 6.92 Å². The topological polar surface area (TPSA) is 54.2 Å². The second kappa shape index (κ2) is 8.87. The number of imidazole rings is 1. The maximum atomic E-state index is 5.15. The summed E-state index contributed by atoms with van der Waals surface area (Å²) in [7, 11) is 1.72. The first-order chi connectivity index (χ1) is 7.77. The minimum Gasteiger partial charge on any atom is -0.355 e. The van der Waals surface area contributed by atoms with E-state index in [2.05, 4.69) is 31.1 Å². The Balaban J connectivity index is 0.00000256. The van der Waals surface area contributed by atoms with E-state index in [0.717, 1.165) is 24.9 Å². The second-order valence-corrected chi connectivity index (χ2v) is 3.22. The highest BCUT2D eigenvalue weighted by Gasteiger charge is 1.97. The van der Waals surface area contributed by atoms with E-state index in [1.165, 1.54) is 0 Å². The molecule has 0 fully saturated rings. The number of aromatic nitrogens is 2. The molecule has 0 atom stereocenters. The van der Waals surface area contributed by atoms with Gasteiger partial charge in [-0.3, -0.25) is 4.99 Å². The van der Waals surface area contributed by atoms with Crippen molar-refractivity contribution in [2.45, 2.75) is 13.5 Å². The fourth-order valence-corrected chi connectivity index (χ4v) is 1.29. The van der Waals surface area contributed by atoms with Crippen molar-refractivity contribution in [2.24, 2.45) is 4.99 Å². The Kier molecular flexibility index (Phi) is 8.23. The van der Waals surface area contributed by atoms with Gasteiger partial charge in [-0.15, -0.1) is 30.4 Å². The summed E-state index contributed by atoms with van der Waals surface area (Å²) in [5.41, 5.74) is 0. The standard InChI is InChI=1S/C11H17N5.HI/c1-4-5-14-11(12-3)15-7-9-16-8-6-13-10(16)2;/h1,6,8H,5,7,9H2,2-3H3,(H2,12,14,15);1H. The highest BCUT2D eigenvalue weighted by atomic mass is 127. The first kappa shape index (κ1) is 15.8. The Morgan fingerprint density at radius 2 is 2.35 bits per heavy atom. The molecule has 0 radical (unpaired) electrons. The molecule has 17 heavy (non-hydrogen) atoms. The van der Waals surface area contributed by atoms with Gasteiger partial charge in [0.05, 0.1) is 6.54 Å². The van der Waals surface area contributed by atoms with E-state index < -0.39 is 0 Å². The lowest BCUT2D eigenvalue weighted by Crippen LogP contribution is -2.38. The van der Waals surface area contributed by atoms with E-state index in [-0.39, 0.29) is 24.0 Å². The van der Waals surface area contributed by atoms with Gasteiger partial charge in [0, 0.05) is 32.5 Å². The molecule has 94 valence electrons. The normalized spacial score (nSPS) is 10.3. The molecule has 1 rings (SSSR count). The molecule has 0 aliphatic rings. The van der Waals surface area contributed by atoms with E-state index in [0.29, 0.717) is 6.54 Å². The Bertz CT molecular complexity index is 391. The number of aliphatic imine (C=N–C) groups is 1. The van der Waals surface area contributed by atoms with Gasteiger partial charge >= 0.3 is 0 Å². The predicted molar refractivity (Wildman–Crippen MR) is 80.6 cm³/mol. The van der Waals surface area contributed by atoms with Crippen LogP contribution < -0.4 is 10.6 Å². The minimum atomic E-state index is 0. The van der Waals surface area contributed by atoms with Crippen LogP contribution in [0.5, 0.6) is 0 Å². The zero-order chi connectivity index (χ0) is 11.8. The fourth-order valence-electron chi connectivity index (χ4n) is 1.29. The summed E-state index contributed by atoms with van der Waals surface area (Å²) in [4.78, 5) is 8.19. The van der Waals surface area contributed by atoms with Crippen molar-refractivity contribution in [1.82, 2.24) is 20.2 Å². The molecule has 1 heterocycles. The quantitative estimate of drug-likeness (QED) is 0.363. The molecular formula is C11H18IN5. The first-order valence-electron chi connectivity index (χ1n) is 5.13. The molecule has 1 aromatic heterocycles. The van der Waals surface area contributed by atoms with Crippen LogP contribution in [0, 0.1) is 19.3 Å². The Hall–Kier alpha value is -1.23. The molecule has 0 aromatic carbocycles. The van der Waals surface area contributed by atoms with E-state index in [1.807, 2.05) is 13.1 Å². The van der Waals surface area contributed by atoms with Crippen LogP contribution in [0.15, 0.2) is 17.4 Å². The number of hydrogen-bond acceptors (Lipinski definition) is 2. The third kappa shape index (κ3) is 5.58. The van der Waals surface area contributed by atoms with Gasteiger partial charge in [0.15, 0.2) is 5.96 Å². The predicted octanol–water partition coefficient (Wildman–Crippen LogP) is 0.608. The maximum Gasteiger partial charge on any atom is 0.191 e. The van der Waals surface area contributed by atoms with Gasteiger partial charge < -0.3 is 15.2 Å². The molecule has 0 aliphatic carbocycles. The van der Waals surface area contributed by atoms with Crippen LogP contribution in [0.1, 0.15) is 5.82 Å². The summed E-state index contributed by atoms with van der Waals surface area (Å²) >= 11 is 0. The van der Waals surface area contributed by atoms with Crippen LogP contribution in [-0.2, 0) is 6.54 Å². The van der Waals surface area contributed by atoms with Crippen LogP contribution in [0.4, 0.5) is 0 Å². The molecule has 0 saturated heterocycles. The molecule has 0 amide bonds. The van der Waals surface area contributed by atoms with Gasteiger partial charge in [-0.2, -0.15) is 0 Å². The molecule has 0 unspecified atom stereocenters. The summed E-state index contributed by atoms with van der Waals surface area (Å²) in [5.74, 6) is 4.22. The lowest BCUT2D eigenvalue weighted by atomic mass is 10.5. The Morgan fingerprint density at radius 1 is 1.59 bits per heavy atom. The lowest BCUT2D eigenvalue weighted by Gasteiger charge is -2.10. The van der Waals surface area contributed by atoms with Crippen molar-refractivity contribution >= 4 is 29.9 Å². The smallest absolute Gasteiger partial charge is 0.191 e. The van der Waals surface area contributed by atoms with Crippen molar-refractivity contribution < 1.29 is 0 Å². The first-order valence-corrected chi connectivity index (χ1v) is 5.13. The summed E-state index contributed by atoms with van der Waals surface area (Å²) in [6, 6.07) is 0. The third-order valence-electron chi connectivity index (χ3n) is 2.15. The van der Waals surface area contributed by atoms with Crippen molar-refractivity contribution in [3.05, 3.63) is 18.2 Å². The summed E-state index contributed by atoms with van der Waals surface area (Å²) in [5, 5.41) is 6.16. The average molecular weight is 347 g/mol. The van der Waals surface area contributed by atoms with Crippen molar-refractivity contribution in [2.75, 3.05) is 20.1 Å². The van der Waals surface area contributed by atoms with E-state index in [1.54, 1.807) is 13.2 Å². The number of guanidine groups is 1. The second-order valence-electron chi connectivity index (χ2n) is 3.22. The monoisotopic (exact) mass is 347 g/mol. The summed E-state index contributed by atoms with van der Waals surface area (Å²) < 4.78 is 2.07. The van der Waals surface area contributed by atoms with Gasteiger partial charge in [-0.1, -0.05) is 5.92 Å². The molecule has 0 spiro atoms. The zero-order valence-electron chi connectivity index (χ0n) is 10.1. The average Bonchev–Trinajstić information content (AvgIpc) is 2.69. The number of hydrogen-bond donors (Lipinski definition) is 2. The molecule has 0 saturated carbocycles. The SMILES string of the molecule is C#CCNC(=NC)NCCn1ccnc1C.I. The molecule has 2 N–H and O–H groups in total. The Morgan fingerprint density at radius 3 is 2.88 bits per heavy atom. The van der Waals surface area contributed by atoms with E-state index in [4.69, 9.17) is 6.42 Å². The van der Waals surface area contributed by atoms with Gasteiger partial charge in [0.2, 0.25) is 0 Å². The van der Waals surface area contributed by atoms with Crippen molar-refractivity contribution in [3.8, 4) is 12.3 Å². The molecule has 5 nitrogen and oxygen atoms in total. The number of rotatable bonds is 4. The van der Waals surface area contributed by atoms with Crippen LogP contribution in [-0.4, -0.2) is 35.6 Å². The summed E-state index contributed by atoms with van der Waals surface area (Å²) in [6.07, 6.45) is 8.89. The molecule has 0 bridgehead atoms. The Labute approximate surface area is 119 Å². The van der Waals surface area contributed by atoms with E-state index >= 15 is 0 Å². The zero-order valence-corrected chi connectivity index (χ0v) is 12.4. The third-order valence-corrected chi connectivity index (χ3v) is 2.15. The van der Waals surface area contributed by atoms with Crippen LogP contribution in [0.3, 0.4) is 0 Å². The van der Waals surface area contributed by atoms with Crippen LogP contribution in [0.25, 0.3) is 0 Å². The number of nitrogens with zero attached hydrogens (tertiary/aromatic N) is 3. The number of terminal acetylenes is 1. The summed E-state index contributed by atoms with van der Waals surface area (Å²) in [6.45, 7) is 4.08.